The Morgan fingerprint density at radius 3 is 2.72 bits per heavy atom. The maximum absolute atomic E-state index is 12.4. The fourth-order valence-corrected chi connectivity index (χ4v) is 3.78. The Labute approximate surface area is 170 Å². The standard InChI is InChI=1S/C20H25N5O3S/c1-3-12-25-18-8-7-15(29(21,27)28)13-17(18)24-19(25)9-10-20(26)23-14(2)16-6-4-5-11-22-16/h4-8,11,13-14H,3,9-10,12H2,1-2H3,(H,23,26)(H2,21,27,28). The third-order valence-corrected chi connectivity index (χ3v) is 5.57. The van der Waals surface area contributed by atoms with E-state index in [1.54, 1.807) is 12.3 Å². The van der Waals surface area contributed by atoms with Gasteiger partial charge in [-0.25, -0.2) is 18.5 Å². The Hall–Kier alpha value is -2.78. The van der Waals surface area contributed by atoms with Crippen LogP contribution in [0.25, 0.3) is 11.0 Å². The van der Waals surface area contributed by atoms with Crippen LogP contribution in [0.1, 0.15) is 44.2 Å². The van der Waals surface area contributed by atoms with Crippen LogP contribution in [0.4, 0.5) is 0 Å². The van der Waals surface area contributed by atoms with Crippen molar-refractivity contribution in [2.75, 3.05) is 0 Å². The van der Waals surface area contributed by atoms with Crippen LogP contribution in [0.2, 0.25) is 0 Å². The topological polar surface area (TPSA) is 120 Å². The van der Waals surface area contributed by atoms with Crippen molar-refractivity contribution in [1.29, 1.82) is 0 Å². The second-order valence-corrected chi connectivity index (χ2v) is 8.48. The Kier molecular flexibility index (Phi) is 6.29. The van der Waals surface area contributed by atoms with Crippen molar-refractivity contribution >= 4 is 27.0 Å². The van der Waals surface area contributed by atoms with Gasteiger partial charge in [-0.3, -0.25) is 9.78 Å². The quantitative estimate of drug-likeness (QED) is 0.585. The van der Waals surface area contributed by atoms with Gasteiger partial charge in [0.2, 0.25) is 15.9 Å². The smallest absolute Gasteiger partial charge is 0.238 e. The van der Waals surface area contributed by atoms with Crippen LogP contribution in [-0.4, -0.2) is 28.9 Å². The zero-order valence-corrected chi connectivity index (χ0v) is 17.3. The molecule has 3 rings (SSSR count). The summed E-state index contributed by atoms with van der Waals surface area (Å²) in [5.74, 6) is 0.651. The van der Waals surface area contributed by atoms with Crippen molar-refractivity contribution in [3.8, 4) is 0 Å². The number of nitrogens with zero attached hydrogens (tertiary/aromatic N) is 3. The molecule has 0 aliphatic rings. The fraction of sp³-hybridized carbons (Fsp3) is 0.350. The molecule has 2 aromatic heterocycles. The Morgan fingerprint density at radius 2 is 2.07 bits per heavy atom. The number of rotatable bonds is 8. The lowest BCUT2D eigenvalue weighted by Crippen LogP contribution is -2.27. The average molecular weight is 416 g/mol. The number of amides is 1. The monoisotopic (exact) mass is 415 g/mol. The van der Waals surface area contributed by atoms with Gasteiger partial charge in [0.15, 0.2) is 0 Å². The van der Waals surface area contributed by atoms with Gasteiger partial charge < -0.3 is 9.88 Å². The first kappa shape index (κ1) is 20.9. The summed E-state index contributed by atoms with van der Waals surface area (Å²) in [4.78, 5) is 21.2. The number of primary sulfonamides is 1. The lowest BCUT2D eigenvalue weighted by atomic mass is 10.2. The van der Waals surface area contributed by atoms with Crippen molar-refractivity contribution in [3.63, 3.8) is 0 Å². The van der Waals surface area contributed by atoms with Crippen molar-refractivity contribution in [2.45, 2.75) is 50.6 Å². The summed E-state index contributed by atoms with van der Waals surface area (Å²) in [6.07, 6.45) is 3.30. The van der Waals surface area contributed by atoms with Crippen LogP contribution in [-0.2, 0) is 27.8 Å². The number of aryl methyl sites for hydroxylation is 2. The van der Waals surface area contributed by atoms with Gasteiger partial charge in [-0.15, -0.1) is 0 Å². The first-order valence-electron chi connectivity index (χ1n) is 9.52. The number of carbonyl (C=O) groups is 1. The maximum atomic E-state index is 12.4. The molecule has 1 aromatic carbocycles. The molecule has 1 atom stereocenters. The van der Waals surface area contributed by atoms with Crippen LogP contribution in [0, 0.1) is 0 Å². The SMILES string of the molecule is CCCn1c(CCC(=O)NC(C)c2ccccn2)nc2cc(S(N)(=O)=O)ccc21. The molecule has 2 heterocycles. The summed E-state index contributed by atoms with van der Waals surface area (Å²) >= 11 is 0. The number of pyridine rings is 1. The Bertz CT molecular complexity index is 1110. The molecule has 9 heteroatoms. The van der Waals surface area contributed by atoms with Gasteiger partial charge in [0, 0.05) is 25.6 Å². The summed E-state index contributed by atoms with van der Waals surface area (Å²) in [6.45, 7) is 4.67. The predicted octanol–water partition coefficient (Wildman–Crippen LogP) is 2.30. The minimum Gasteiger partial charge on any atom is -0.348 e. The Balaban J connectivity index is 1.76. The number of hydrogen-bond acceptors (Lipinski definition) is 5. The second kappa shape index (κ2) is 8.71. The molecule has 154 valence electrons. The number of imidazole rings is 1. The molecule has 0 aliphatic carbocycles. The highest BCUT2D eigenvalue weighted by Crippen LogP contribution is 2.21. The maximum Gasteiger partial charge on any atom is 0.238 e. The van der Waals surface area contributed by atoms with E-state index in [1.807, 2.05) is 29.7 Å². The molecule has 29 heavy (non-hydrogen) atoms. The van der Waals surface area contributed by atoms with Gasteiger partial charge in [0.25, 0.3) is 0 Å². The first-order valence-corrected chi connectivity index (χ1v) is 11.1. The highest BCUT2D eigenvalue weighted by atomic mass is 32.2. The minimum atomic E-state index is -3.80. The van der Waals surface area contributed by atoms with Crippen LogP contribution in [0.5, 0.6) is 0 Å². The van der Waals surface area contributed by atoms with Crippen LogP contribution < -0.4 is 10.5 Å². The summed E-state index contributed by atoms with van der Waals surface area (Å²) in [7, 11) is -3.80. The molecule has 0 saturated heterocycles. The molecule has 8 nitrogen and oxygen atoms in total. The Morgan fingerprint density at radius 1 is 1.28 bits per heavy atom. The van der Waals surface area contributed by atoms with Crippen molar-refractivity contribution in [2.24, 2.45) is 5.14 Å². The first-order chi connectivity index (χ1) is 13.8. The number of benzene rings is 1. The van der Waals surface area contributed by atoms with E-state index in [2.05, 4.69) is 22.2 Å². The van der Waals surface area contributed by atoms with E-state index in [0.29, 0.717) is 11.9 Å². The molecule has 0 aliphatic heterocycles. The van der Waals surface area contributed by atoms with E-state index >= 15 is 0 Å². The van der Waals surface area contributed by atoms with Gasteiger partial charge in [-0.05, 0) is 43.7 Å². The highest BCUT2D eigenvalue weighted by molar-refractivity contribution is 7.89. The summed E-state index contributed by atoms with van der Waals surface area (Å²) < 4.78 is 25.3. The van der Waals surface area contributed by atoms with Crippen molar-refractivity contribution in [1.82, 2.24) is 19.9 Å². The molecule has 0 saturated carbocycles. The van der Waals surface area contributed by atoms with Crippen LogP contribution >= 0.6 is 0 Å². The number of carbonyl (C=O) groups excluding carboxylic acids is 1. The molecule has 1 amide bonds. The van der Waals surface area contributed by atoms with Gasteiger partial charge in [0.1, 0.15) is 5.82 Å². The van der Waals surface area contributed by atoms with Gasteiger partial charge in [0.05, 0.1) is 27.7 Å². The normalized spacial score (nSPS) is 12.8. The second-order valence-electron chi connectivity index (χ2n) is 6.92. The molecule has 0 fully saturated rings. The van der Waals surface area contributed by atoms with E-state index in [-0.39, 0.29) is 23.3 Å². The molecule has 0 radical (unpaired) electrons. The largest absolute Gasteiger partial charge is 0.348 e. The lowest BCUT2D eigenvalue weighted by molar-refractivity contribution is -0.121. The average Bonchev–Trinajstić information content (AvgIpc) is 3.03. The van der Waals surface area contributed by atoms with E-state index in [1.165, 1.54) is 12.1 Å². The number of nitrogens with one attached hydrogen (secondary N) is 1. The summed E-state index contributed by atoms with van der Waals surface area (Å²) in [5, 5.41) is 8.17. The molecular weight excluding hydrogens is 390 g/mol. The summed E-state index contributed by atoms with van der Waals surface area (Å²) in [5.41, 5.74) is 2.19. The predicted molar refractivity (Wildman–Crippen MR) is 111 cm³/mol. The van der Waals surface area contributed by atoms with E-state index in [9.17, 15) is 13.2 Å². The molecule has 0 spiro atoms. The minimum absolute atomic E-state index is 0.0274. The number of fused-ring (bicyclic) bond motifs is 1. The molecule has 3 N–H and O–H groups in total. The van der Waals surface area contributed by atoms with E-state index < -0.39 is 10.0 Å². The zero-order chi connectivity index (χ0) is 21.0. The number of nitrogens with two attached hydrogens (primary N) is 1. The third-order valence-electron chi connectivity index (χ3n) is 4.66. The van der Waals surface area contributed by atoms with Gasteiger partial charge in [-0.1, -0.05) is 13.0 Å². The molecule has 1 unspecified atom stereocenters. The fourth-order valence-electron chi connectivity index (χ4n) is 3.25. The molecule has 0 bridgehead atoms. The van der Waals surface area contributed by atoms with E-state index in [4.69, 9.17) is 5.14 Å². The van der Waals surface area contributed by atoms with E-state index in [0.717, 1.165) is 30.0 Å². The molecule has 3 aromatic rings. The van der Waals surface area contributed by atoms with Crippen molar-refractivity contribution < 1.29 is 13.2 Å². The number of hydrogen-bond donors (Lipinski definition) is 2. The summed E-state index contributed by atoms with van der Waals surface area (Å²) in [6, 6.07) is 10.1. The molecular formula is C20H25N5O3S. The van der Waals surface area contributed by atoms with Crippen molar-refractivity contribution in [3.05, 3.63) is 54.1 Å². The zero-order valence-electron chi connectivity index (χ0n) is 16.5. The third kappa shape index (κ3) is 4.99. The number of sulfonamides is 1. The van der Waals surface area contributed by atoms with Crippen LogP contribution in [0.3, 0.4) is 0 Å². The van der Waals surface area contributed by atoms with Gasteiger partial charge in [-0.2, -0.15) is 0 Å². The van der Waals surface area contributed by atoms with Crippen LogP contribution in [0.15, 0.2) is 47.5 Å². The van der Waals surface area contributed by atoms with Gasteiger partial charge >= 0.3 is 0 Å². The lowest BCUT2D eigenvalue weighted by Gasteiger charge is -2.13. The number of aromatic nitrogens is 3. The highest BCUT2D eigenvalue weighted by Gasteiger charge is 2.16.